The lowest BCUT2D eigenvalue weighted by molar-refractivity contribution is -0.131. The van der Waals surface area contributed by atoms with Gasteiger partial charge in [0, 0.05) is 18.8 Å². The van der Waals surface area contributed by atoms with E-state index in [9.17, 15) is 13.2 Å². The topological polar surface area (TPSA) is 92.5 Å². The summed E-state index contributed by atoms with van der Waals surface area (Å²) < 4.78 is 24.0. The van der Waals surface area contributed by atoms with Gasteiger partial charge < -0.3 is 10.6 Å². The largest absolute Gasteiger partial charge is 0.331 e. The Hall–Kier alpha value is -0.0200. The Kier molecular flexibility index (Phi) is 9.01. The molecule has 1 fully saturated rings. The van der Waals surface area contributed by atoms with Gasteiger partial charge in [-0.05, 0) is 12.8 Å². The Labute approximate surface area is 125 Å². The molecule has 0 spiro atoms. The van der Waals surface area contributed by atoms with Gasteiger partial charge in [-0.25, -0.2) is 13.1 Å². The zero-order chi connectivity index (χ0) is 13.6. The van der Waals surface area contributed by atoms with E-state index in [2.05, 4.69) is 4.72 Å². The number of carbonyl (C=O) groups excluding carboxylic acids is 1. The number of nitrogens with one attached hydrogen (secondary N) is 1. The number of hydrogen-bond donors (Lipinski definition) is 2. The second-order valence-corrected chi connectivity index (χ2v) is 7.32. The summed E-state index contributed by atoms with van der Waals surface area (Å²) in [6, 6.07) is -0.457. The van der Waals surface area contributed by atoms with Crippen molar-refractivity contribution in [1.82, 2.24) is 9.62 Å². The van der Waals surface area contributed by atoms with E-state index < -0.39 is 16.1 Å². The molecular weight excluding hydrogens is 310 g/mol. The van der Waals surface area contributed by atoms with E-state index >= 15 is 0 Å². The molecule has 0 bridgehead atoms. The molecule has 0 aromatic heterocycles. The van der Waals surface area contributed by atoms with E-state index in [4.69, 9.17) is 5.73 Å². The fraction of sp³-hybridized carbons (Fsp3) is 0.900. The van der Waals surface area contributed by atoms with Crippen molar-refractivity contribution in [2.24, 2.45) is 5.73 Å². The summed E-state index contributed by atoms with van der Waals surface area (Å²) in [7, 11) is -3.11. The summed E-state index contributed by atoms with van der Waals surface area (Å²) in [6.45, 7) is 1.19. The van der Waals surface area contributed by atoms with Crippen molar-refractivity contribution in [2.75, 3.05) is 31.0 Å². The second-order valence-electron chi connectivity index (χ2n) is 4.41. The number of amides is 1. The lowest BCUT2D eigenvalue weighted by atomic mass is 10.1. The van der Waals surface area contributed by atoms with Crippen LogP contribution in [0.5, 0.6) is 0 Å². The van der Waals surface area contributed by atoms with Crippen molar-refractivity contribution in [3.63, 3.8) is 0 Å². The van der Waals surface area contributed by atoms with E-state index in [1.165, 1.54) is 0 Å². The molecule has 0 aromatic carbocycles. The van der Waals surface area contributed by atoms with E-state index in [-0.39, 0.29) is 18.3 Å². The Morgan fingerprint density at radius 2 is 2.16 bits per heavy atom. The number of nitrogens with zero attached hydrogens (tertiary/aromatic N) is 1. The molecule has 1 saturated heterocycles. The number of halogens is 1. The van der Waals surface area contributed by atoms with Gasteiger partial charge in [0.25, 0.3) is 0 Å². The average molecular weight is 332 g/mol. The first-order valence-corrected chi connectivity index (χ1v) is 9.01. The predicted octanol–water partition coefficient (Wildman–Crippen LogP) is -0.0121. The molecule has 1 atom stereocenters. The van der Waals surface area contributed by atoms with Crippen molar-refractivity contribution in [2.45, 2.75) is 25.3 Å². The lowest BCUT2D eigenvalue weighted by Crippen LogP contribution is -2.42. The van der Waals surface area contributed by atoms with Gasteiger partial charge >= 0.3 is 0 Å². The van der Waals surface area contributed by atoms with Crippen LogP contribution < -0.4 is 10.5 Å². The molecule has 1 aliphatic heterocycles. The molecule has 0 radical (unpaired) electrons. The first kappa shape index (κ1) is 19.0. The summed E-state index contributed by atoms with van der Waals surface area (Å²) in [6.07, 6.45) is 3.18. The average Bonchev–Trinajstić information content (AvgIpc) is 2.79. The molecule has 6 nitrogen and oxygen atoms in total. The maximum Gasteiger partial charge on any atom is 0.240 e. The Morgan fingerprint density at radius 1 is 1.47 bits per heavy atom. The van der Waals surface area contributed by atoms with Gasteiger partial charge in [-0.3, -0.25) is 4.79 Å². The van der Waals surface area contributed by atoms with E-state index in [0.29, 0.717) is 19.4 Å². The first-order chi connectivity index (χ1) is 8.40. The summed E-state index contributed by atoms with van der Waals surface area (Å²) >= 11 is 1.74. The number of rotatable bonds is 7. The third-order valence-electron chi connectivity index (χ3n) is 2.69. The number of sulfonamides is 1. The smallest absolute Gasteiger partial charge is 0.240 e. The molecule has 0 saturated carbocycles. The summed E-state index contributed by atoms with van der Waals surface area (Å²) in [5.41, 5.74) is 5.83. The molecule has 0 unspecified atom stereocenters. The highest BCUT2D eigenvalue weighted by Crippen LogP contribution is 2.15. The fourth-order valence-electron chi connectivity index (χ4n) is 1.69. The highest BCUT2D eigenvalue weighted by Gasteiger charge is 2.23. The second kappa shape index (κ2) is 9.02. The monoisotopic (exact) mass is 331 g/mol. The van der Waals surface area contributed by atoms with E-state index in [1.54, 1.807) is 16.7 Å². The summed E-state index contributed by atoms with van der Waals surface area (Å²) in [5.74, 6) is 1.73. The van der Waals surface area contributed by atoms with Crippen LogP contribution in [0.1, 0.15) is 19.3 Å². The molecule has 19 heavy (non-hydrogen) atoms. The minimum absolute atomic E-state index is 0. The van der Waals surface area contributed by atoms with Gasteiger partial charge in [-0.1, -0.05) is 6.42 Å². The van der Waals surface area contributed by atoms with Crippen LogP contribution in [-0.2, 0) is 14.8 Å². The quantitative estimate of drug-likeness (QED) is 0.640. The van der Waals surface area contributed by atoms with Gasteiger partial charge in [0.1, 0.15) is 0 Å². The standard InChI is InChI=1S/C10H21N3O3S2.ClH/c1-18(15,16)12-5-3-2-4-9(11)10(14)13-6-7-17-8-13;/h9,12H,2-8,11H2,1H3;1H/t9-;/m0./s1. The zero-order valence-electron chi connectivity index (χ0n) is 11.0. The molecule has 1 heterocycles. The minimum atomic E-state index is -3.11. The highest BCUT2D eigenvalue weighted by molar-refractivity contribution is 7.99. The number of hydrogen-bond acceptors (Lipinski definition) is 5. The first-order valence-electron chi connectivity index (χ1n) is 5.97. The zero-order valence-corrected chi connectivity index (χ0v) is 13.5. The molecule has 3 N–H and O–H groups in total. The minimum Gasteiger partial charge on any atom is -0.331 e. The molecule has 1 aliphatic rings. The van der Waals surface area contributed by atoms with E-state index in [1.807, 2.05) is 0 Å². The third-order valence-corrected chi connectivity index (χ3v) is 4.38. The molecule has 1 rings (SSSR count). The number of nitrogens with two attached hydrogens (primary N) is 1. The van der Waals surface area contributed by atoms with Crippen LogP contribution in [0, 0.1) is 0 Å². The summed E-state index contributed by atoms with van der Waals surface area (Å²) in [4.78, 5) is 13.6. The van der Waals surface area contributed by atoms with Crippen LogP contribution in [-0.4, -0.2) is 56.2 Å². The molecular formula is C10H22ClN3O3S2. The van der Waals surface area contributed by atoms with Gasteiger partial charge in [-0.15, -0.1) is 24.2 Å². The lowest BCUT2D eigenvalue weighted by Gasteiger charge is -2.19. The molecule has 9 heteroatoms. The van der Waals surface area contributed by atoms with Crippen molar-refractivity contribution < 1.29 is 13.2 Å². The Balaban J connectivity index is 0.00000324. The Bertz CT molecular complexity index is 372. The van der Waals surface area contributed by atoms with Crippen LogP contribution in [0.15, 0.2) is 0 Å². The molecule has 0 aliphatic carbocycles. The third kappa shape index (κ3) is 7.98. The van der Waals surface area contributed by atoms with Gasteiger partial charge in [0.15, 0.2) is 0 Å². The fourth-order valence-corrected chi connectivity index (χ4v) is 3.16. The SMILES string of the molecule is CS(=O)(=O)NCCCC[C@H](N)C(=O)N1CCSC1.Cl. The highest BCUT2D eigenvalue weighted by atomic mass is 35.5. The van der Waals surface area contributed by atoms with Crippen LogP contribution in [0.4, 0.5) is 0 Å². The van der Waals surface area contributed by atoms with Gasteiger partial charge in [-0.2, -0.15) is 0 Å². The number of carbonyl (C=O) groups is 1. The summed E-state index contributed by atoms with van der Waals surface area (Å²) in [5, 5.41) is 0. The van der Waals surface area contributed by atoms with Crippen LogP contribution in [0.3, 0.4) is 0 Å². The van der Waals surface area contributed by atoms with Crippen molar-refractivity contribution in [3.05, 3.63) is 0 Å². The number of thioether (sulfide) groups is 1. The van der Waals surface area contributed by atoms with Crippen molar-refractivity contribution in [1.29, 1.82) is 0 Å². The van der Waals surface area contributed by atoms with Crippen LogP contribution >= 0.6 is 24.2 Å². The maximum atomic E-state index is 11.8. The number of unbranched alkanes of at least 4 members (excludes halogenated alkanes) is 1. The normalized spacial score (nSPS) is 17.1. The van der Waals surface area contributed by atoms with Crippen molar-refractivity contribution >= 4 is 40.1 Å². The predicted molar refractivity (Wildman–Crippen MR) is 81.0 cm³/mol. The maximum absolute atomic E-state index is 11.8. The van der Waals surface area contributed by atoms with Gasteiger partial charge in [0.05, 0.1) is 18.2 Å². The molecule has 1 amide bonds. The molecule has 114 valence electrons. The van der Waals surface area contributed by atoms with E-state index in [0.717, 1.165) is 30.9 Å². The Morgan fingerprint density at radius 3 is 2.68 bits per heavy atom. The van der Waals surface area contributed by atoms with Crippen LogP contribution in [0.2, 0.25) is 0 Å². The van der Waals surface area contributed by atoms with Gasteiger partial charge in [0.2, 0.25) is 15.9 Å². The van der Waals surface area contributed by atoms with Crippen molar-refractivity contribution in [3.8, 4) is 0 Å². The van der Waals surface area contributed by atoms with Crippen LogP contribution in [0.25, 0.3) is 0 Å². The molecule has 0 aromatic rings.